The summed E-state index contributed by atoms with van der Waals surface area (Å²) in [5.74, 6) is 1.92. The van der Waals surface area contributed by atoms with E-state index in [0.717, 1.165) is 55.2 Å². The Kier molecular flexibility index (Phi) is 6.01. The number of allylic oxidation sites excluding steroid dienone is 1. The van der Waals surface area contributed by atoms with E-state index in [9.17, 15) is 0 Å². The van der Waals surface area contributed by atoms with Crippen molar-refractivity contribution >= 4 is 17.0 Å². The minimum Gasteiger partial charge on any atom is -0.356 e. The third-order valence-corrected chi connectivity index (χ3v) is 3.56. The van der Waals surface area contributed by atoms with Gasteiger partial charge in [-0.25, -0.2) is 4.98 Å². The number of nitrogens with zero attached hydrogens (tertiary/aromatic N) is 3. The maximum absolute atomic E-state index is 4.58. The second-order valence-electron chi connectivity index (χ2n) is 5.28. The van der Waals surface area contributed by atoms with Crippen LogP contribution in [0.1, 0.15) is 18.7 Å². The van der Waals surface area contributed by atoms with Gasteiger partial charge in [-0.1, -0.05) is 18.2 Å². The van der Waals surface area contributed by atoms with Gasteiger partial charge in [0.1, 0.15) is 5.82 Å². The number of H-pyrrole nitrogens is 1. The monoisotopic (exact) mass is 299 g/mol. The van der Waals surface area contributed by atoms with Gasteiger partial charge in [0.05, 0.1) is 11.0 Å². The van der Waals surface area contributed by atoms with Crippen molar-refractivity contribution in [2.75, 3.05) is 27.2 Å². The first-order valence-corrected chi connectivity index (χ1v) is 7.71. The summed E-state index contributed by atoms with van der Waals surface area (Å²) in [6.45, 7) is 5.52. The lowest BCUT2D eigenvalue weighted by Crippen LogP contribution is -2.40. The molecule has 0 radical (unpaired) electrons. The molecule has 2 rings (SSSR count). The van der Waals surface area contributed by atoms with E-state index in [4.69, 9.17) is 0 Å². The zero-order valence-corrected chi connectivity index (χ0v) is 13.5. The number of aliphatic imine (C=N–C) groups is 1. The van der Waals surface area contributed by atoms with Gasteiger partial charge in [-0.05, 0) is 25.0 Å². The molecule has 0 bridgehead atoms. The van der Waals surface area contributed by atoms with E-state index < -0.39 is 0 Å². The predicted octanol–water partition coefficient (Wildman–Crippen LogP) is 2.58. The van der Waals surface area contributed by atoms with E-state index in [1.54, 1.807) is 0 Å². The molecule has 0 atom stereocenters. The van der Waals surface area contributed by atoms with E-state index in [0.29, 0.717) is 0 Å². The standard InChI is InChI=1S/C17H25N5/c1-4-5-8-13-22(3)17(18-2)19-12-11-16-20-14-9-6-7-10-15(14)21-16/h4,6-7,9-10H,1,5,8,11-13H2,2-3H3,(H,18,19)(H,20,21). The first kappa shape index (κ1) is 16.1. The highest BCUT2D eigenvalue weighted by atomic mass is 15.3. The Labute approximate surface area is 132 Å². The van der Waals surface area contributed by atoms with Gasteiger partial charge in [-0.3, -0.25) is 4.99 Å². The maximum Gasteiger partial charge on any atom is 0.193 e. The zero-order valence-electron chi connectivity index (χ0n) is 13.5. The number of hydrogen-bond donors (Lipinski definition) is 2. The summed E-state index contributed by atoms with van der Waals surface area (Å²) < 4.78 is 0. The van der Waals surface area contributed by atoms with Gasteiger partial charge in [-0.2, -0.15) is 0 Å². The van der Waals surface area contributed by atoms with Crippen LogP contribution in [0.15, 0.2) is 41.9 Å². The zero-order chi connectivity index (χ0) is 15.8. The molecule has 1 aromatic carbocycles. The first-order chi connectivity index (χ1) is 10.7. The Morgan fingerprint density at radius 2 is 2.27 bits per heavy atom. The number of aromatic nitrogens is 2. The molecule has 5 nitrogen and oxygen atoms in total. The highest BCUT2D eigenvalue weighted by Crippen LogP contribution is 2.10. The van der Waals surface area contributed by atoms with Crippen LogP contribution in [0.25, 0.3) is 11.0 Å². The minimum absolute atomic E-state index is 0.804. The lowest BCUT2D eigenvalue weighted by molar-refractivity contribution is 0.470. The van der Waals surface area contributed by atoms with Gasteiger partial charge < -0.3 is 15.2 Å². The van der Waals surface area contributed by atoms with Crippen molar-refractivity contribution in [3.63, 3.8) is 0 Å². The van der Waals surface area contributed by atoms with Crippen LogP contribution in [0.5, 0.6) is 0 Å². The van der Waals surface area contributed by atoms with Gasteiger partial charge in [0.15, 0.2) is 5.96 Å². The second-order valence-corrected chi connectivity index (χ2v) is 5.28. The summed E-state index contributed by atoms with van der Waals surface area (Å²) in [7, 11) is 3.87. The van der Waals surface area contributed by atoms with Gasteiger partial charge in [0, 0.05) is 33.6 Å². The summed E-state index contributed by atoms with van der Waals surface area (Å²) in [4.78, 5) is 14.4. The average molecular weight is 299 g/mol. The van der Waals surface area contributed by atoms with Crippen LogP contribution in [0.2, 0.25) is 0 Å². The molecule has 0 fully saturated rings. The van der Waals surface area contributed by atoms with Crippen LogP contribution in [0.4, 0.5) is 0 Å². The highest BCUT2D eigenvalue weighted by molar-refractivity contribution is 5.79. The largest absolute Gasteiger partial charge is 0.356 e. The molecular weight excluding hydrogens is 274 g/mol. The number of hydrogen-bond acceptors (Lipinski definition) is 2. The topological polar surface area (TPSA) is 56.3 Å². The van der Waals surface area contributed by atoms with Crippen molar-refractivity contribution < 1.29 is 0 Å². The van der Waals surface area contributed by atoms with E-state index in [1.165, 1.54) is 0 Å². The smallest absolute Gasteiger partial charge is 0.193 e. The Morgan fingerprint density at radius 3 is 3.00 bits per heavy atom. The molecule has 22 heavy (non-hydrogen) atoms. The normalized spacial score (nSPS) is 11.6. The predicted molar refractivity (Wildman–Crippen MR) is 93.2 cm³/mol. The maximum atomic E-state index is 4.58. The van der Waals surface area contributed by atoms with Crippen molar-refractivity contribution in [2.24, 2.45) is 4.99 Å². The van der Waals surface area contributed by atoms with Crippen LogP contribution in [0, 0.1) is 0 Å². The lowest BCUT2D eigenvalue weighted by atomic mass is 10.3. The van der Waals surface area contributed by atoms with Crippen LogP contribution >= 0.6 is 0 Å². The number of unbranched alkanes of at least 4 members (excludes halogenated alkanes) is 1. The van der Waals surface area contributed by atoms with E-state index >= 15 is 0 Å². The number of fused-ring (bicyclic) bond motifs is 1. The number of nitrogens with one attached hydrogen (secondary N) is 2. The molecule has 118 valence electrons. The van der Waals surface area contributed by atoms with Crippen LogP contribution in [0.3, 0.4) is 0 Å². The first-order valence-electron chi connectivity index (χ1n) is 7.71. The minimum atomic E-state index is 0.804. The number of para-hydroxylation sites is 2. The number of benzene rings is 1. The van der Waals surface area contributed by atoms with Crippen molar-refractivity contribution in [3.05, 3.63) is 42.7 Å². The van der Waals surface area contributed by atoms with Gasteiger partial charge in [0.25, 0.3) is 0 Å². The molecule has 0 amide bonds. The molecule has 0 saturated carbocycles. The molecule has 0 aliphatic carbocycles. The molecule has 2 N–H and O–H groups in total. The Morgan fingerprint density at radius 1 is 1.45 bits per heavy atom. The summed E-state index contributed by atoms with van der Waals surface area (Å²) in [6, 6.07) is 8.09. The summed E-state index contributed by atoms with van der Waals surface area (Å²) in [5.41, 5.74) is 2.10. The summed E-state index contributed by atoms with van der Waals surface area (Å²) in [6.07, 6.45) is 4.91. The molecule has 0 aliphatic rings. The van der Waals surface area contributed by atoms with Crippen molar-refractivity contribution in [1.82, 2.24) is 20.2 Å². The number of rotatable bonds is 7. The molecule has 1 aromatic heterocycles. The molecule has 1 heterocycles. The Bertz CT molecular complexity index is 596. The lowest BCUT2D eigenvalue weighted by Gasteiger charge is -2.21. The van der Waals surface area contributed by atoms with E-state index in [1.807, 2.05) is 37.4 Å². The molecule has 0 spiro atoms. The van der Waals surface area contributed by atoms with Crippen molar-refractivity contribution in [1.29, 1.82) is 0 Å². The Hall–Kier alpha value is -2.30. The van der Waals surface area contributed by atoms with Crippen LogP contribution in [-0.2, 0) is 6.42 Å². The van der Waals surface area contributed by atoms with Crippen LogP contribution in [-0.4, -0.2) is 48.0 Å². The van der Waals surface area contributed by atoms with Gasteiger partial charge in [-0.15, -0.1) is 6.58 Å². The van der Waals surface area contributed by atoms with Gasteiger partial charge in [0.2, 0.25) is 0 Å². The molecule has 2 aromatic rings. The third-order valence-electron chi connectivity index (χ3n) is 3.56. The number of aromatic amines is 1. The third kappa shape index (κ3) is 4.35. The molecular formula is C17H25N5. The fourth-order valence-corrected chi connectivity index (χ4v) is 2.38. The molecule has 0 saturated heterocycles. The molecule has 5 heteroatoms. The summed E-state index contributed by atoms with van der Waals surface area (Å²) in [5, 5.41) is 3.38. The van der Waals surface area contributed by atoms with Crippen molar-refractivity contribution in [3.8, 4) is 0 Å². The molecule has 0 unspecified atom stereocenters. The number of guanidine groups is 1. The fourth-order valence-electron chi connectivity index (χ4n) is 2.38. The second kappa shape index (κ2) is 8.22. The average Bonchev–Trinajstić information content (AvgIpc) is 2.94. The van der Waals surface area contributed by atoms with E-state index in [2.05, 4.69) is 38.8 Å². The quantitative estimate of drug-likeness (QED) is 0.357. The number of imidazole rings is 1. The Balaban J connectivity index is 1.82. The highest BCUT2D eigenvalue weighted by Gasteiger charge is 2.06. The molecule has 0 aliphatic heterocycles. The van der Waals surface area contributed by atoms with Gasteiger partial charge >= 0.3 is 0 Å². The summed E-state index contributed by atoms with van der Waals surface area (Å²) >= 11 is 0. The fraction of sp³-hybridized carbons (Fsp3) is 0.412. The SMILES string of the molecule is C=CCCCN(C)C(=NC)NCCc1nc2ccccc2[nH]1. The van der Waals surface area contributed by atoms with Crippen molar-refractivity contribution in [2.45, 2.75) is 19.3 Å². The van der Waals surface area contributed by atoms with Crippen LogP contribution < -0.4 is 5.32 Å². The van der Waals surface area contributed by atoms with E-state index in [-0.39, 0.29) is 0 Å².